The molecule has 3 nitrogen and oxygen atoms in total. The second-order valence-corrected chi connectivity index (χ2v) is 3.84. The normalized spacial score (nSPS) is 21.6. The smallest absolute Gasteiger partial charge is 0.223 e. The van der Waals surface area contributed by atoms with Crippen LogP contribution in [-0.2, 0) is 4.79 Å². The average Bonchev–Trinajstić information content (AvgIpc) is 2.20. The molecule has 0 aliphatic carbocycles. The van der Waals surface area contributed by atoms with Crippen molar-refractivity contribution in [2.45, 2.75) is 25.7 Å². The Morgan fingerprint density at radius 2 is 2.50 bits per heavy atom. The number of piperidine rings is 1. The van der Waals surface area contributed by atoms with Gasteiger partial charge in [-0.1, -0.05) is 6.08 Å². The summed E-state index contributed by atoms with van der Waals surface area (Å²) in [5.41, 5.74) is 0. The van der Waals surface area contributed by atoms with Gasteiger partial charge in [0.1, 0.15) is 0 Å². The van der Waals surface area contributed by atoms with Gasteiger partial charge in [0.15, 0.2) is 0 Å². The van der Waals surface area contributed by atoms with Gasteiger partial charge in [-0.2, -0.15) is 0 Å². The zero-order valence-electron chi connectivity index (χ0n) is 8.72. The van der Waals surface area contributed by atoms with Crippen molar-refractivity contribution in [1.82, 2.24) is 10.6 Å². The Morgan fingerprint density at radius 3 is 3.14 bits per heavy atom. The molecule has 1 amide bonds. The van der Waals surface area contributed by atoms with Crippen molar-refractivity contribution in [2.24, 2.45) is 5.92 Å². The summed E-state index contributed by atoms with van der Waals surface area (Å²) in [6, 6.07) is 0. The van der Waals surface area contributed by atoms with Gasteiger partial charge in [-0.3, -0.25) is 4.79 Å². The summed E-state index contributed by atoms with van der Waals surface area (Å²) < 4.78 is 0. The fourth-order valence-corrected chi connectivity index (χ4v) is 1.79. The van der Waals surface area contributed by atoms with E-state index in [9.17, 15) is 4.79 Å². The average molecular weight is 196 g/mol. The molecule has 0 aromatic carbocycles. The van der Waals surface area contributed by atoms with Crippen LogP contribution in [-0.4, -0.2) is 25.5 Å². The van der Waals surface area contributed by atoms with E-state index in [0.29, 0.717) is 6.42 Å². The molecule has 0 saturated carbocycles. The van der Waals surface area contributed by atoms with E-state index >= 15 is 0 Å². The van der Waals surface area contributed by atoms with Crippen LogP contribution in [0.25, 0.3) is 0 Å². The number of rotatable bonds is 5. The molecule has 1 rings (SSSR count). The molecule has 1 unspecified atom stereocenters. The Morgan fingerprint density at radius 1 is 1.64 bits per heavy atom. The van der Waals surface area contributed by atoms with Crippen LogP contribution in [0.1, 0.15) is 25.7 Å². The number of carbonyl (C=O) groups excluding carboxylic acids is 1. The van der Waals surface area contributed by atoms with Crippen molar-refractivity contribution in [2.75, 3.05) is 19.6 Å². The highest BCUT2D eigenvalue weighted by atomic mass is 16.1. The molecule has 80 valence electrons. The van der Waals surface area contributed by atoms with Crippen molar-refractivity contribution in [3.63, 3.8) is 0 Å². The Hall–Kier alpha value is -0.830. The summed E-state index contributed by atoms with van der Waals surface area (Å²) in [5.74, 6) is 0.830. The fourth-order valence-electron chi connectivity index (χ4n) is 1.79. The molecule has 2 N–H and O–H groups in total. The minimum Gasteiger partial charge on any atom is -0.356 e. The van der Waals surface area contributed by atoms with E-state index in [4.69, 9.17) is 0 Å². The summed E-state index contributed by atoms with van der Waals surface area (Å²) in [5, 5.41) is 6.26. The van der Waals surface area contributed by atoms with Crippen molar-refractivity contribution < 1.29 is 4.79 Å². The molecule has 14 heavy (non-hydrogen) atoms. The molecule has 1 atom stereocenters. The Labute approximate surface area is 86.0 Å². The van der Waals surface area contributed by atoms with Gasteiger partial charge >= 0.3 is 0 Å². The fraction of sp³-hybridized carbons (Fsp3) is 0.727. The Bertz CT molecular complexity index is 186. The molecule has 1 heterocycles. The molecular weight excluding hydrogens is 176 g/mol. The van der Waals surface area contributed by atoms with Crippen molar-refractivity contribution in [1.29, 1.82) is 0 Å². The second-order valence-electron chi connectivity index (χ2n) is 3.84. The minimum absolute atomic E-state index is 0.0868. The van der Waals surface area contributed by atoms with Gasteiger partial charge in [-0.05, 0) is 38.3 Å². The largest absolute Gasteiger partial charge is 0.356 e. The van der Waals surface area contributed by atoms with Crippen molar-refractivity contribution in [3.8, 4) is 0 Å². The first-order chi connectivity index (χ1) is 6.83. The predicted octanol–water partition coefficient (Wildman–Crippen LogP) is 1.07. The number of carbonyl (C=O) groups is 1. The highest BCUT2D eigenvalue weighted by Crippen LogP contribution is 2.12. The van der Waals surface area contributed by atoms with Gasteiger partial charge in [0.25, 0.3) is 0 Å². The van der Waals surface area contributed by atoms with Crippen molar-refractivity contribution >= 4 is 5.91 Å². The third-order valence-corrected chi connectivity index (χ3v) is 2.60. The second kappa shape index (κ2) is 6.60. The number of amides is 1. The maximum atomic E-state index is 11.1. The van der Waals surface area contributed by atoms with Gasteiger partial charge in [0.2, 0.25) is 5.91 Å². The number of nitrogens with one attached hydrogen (secondary N) is 2. The standard InChI is InChI=1S/C11H20N2O/c1-2-4-11(14)13-8-6-10-5-3-7-12-9-10/h2,10,12H,1,3-9H2,(H,13,14). The van der Waals surface area contributed by atoms with E-state index in [0.717, 1.165) is 32.0 Å². The van der Waals surface area contributed by atoms with Gasteiger partial charge in [-0.25, -0.2) is 0 Å². The molecule has 1 saturated heterocycles. The van der Waals surface area contributed by atoms with Crippen LogP contribution in [0.3, 0.4) is 0 Å². The number of hydrogen-bond acceptors (Lipinski definition) is 2. The minimum atomic E-state index is 0.0868. The summed E-state index contributed by atoms with van der Waals surface area (Å²) in [7, 11) is 0. The lowest BCUT2D eigenvalue weighted by Crippen LogP contribution is -2.33. The SMILES string of the molecule is C=CCC(=O)NCCC1CCCNC1. The molecule has 0 aromatic heterocycles. The van der Waals surface area contributed by atoms with Crippen LogP contribution < -0.4 is 10.6 Å². The lowest BCUT2D eigenvalue weighted by atomic mass is 9.96. The lowest BCUT2D eigenvalue weighted by Gasteiger charge is -2.22. The van der Waals surface area contributed by atoms with Gasteiger partial charge in [0.05, 0.1) is 0 Å². The Balaban J connectivity index is 2.02. The van der Waals surface area contributed by atoms with Crippen LogP contribution in [0.15, 0.2) is 12.7 Å². The molecule has 0 spiro atoms. The molecule has 3 heteroatoms. The highest BCUT2D eigenvalue weighted by molar-refractivity contribution is 5.77. The van der Waals surface area contributed by atoms with Crippen molar-refractivity contribution in [3.05, 3.63) is 12.7 Å². The van der Waals surface area contributed by atoms with E-state index in [2.05, 4.69) is 17.2 Å². The van der Waals surface area contributed by atoms with E-state index < -0.39 is 0 Å². The first kappa shape index (κ1) is 11.2. The maximum Gasteiger partial charge on any atom is 0.223 e. The topological polar surface area (TPSA) is 41.1 Å². The maximum absolute atomic E-state index is 11.1. The van der Waals surface area contributed by atoms with Crippen LogP contribution in [0, 0.1) is 5.92 Å². The first-order valence-electron chi connectivity index (χ1n) is 5.41. The van der Waals surface area contributed by atoms with Crippen LogP contribution in [0.5, 0.6) is 0 Å². The molecule has 1 aliphatic heterocycles. The molecular formula is C11H20N2O. The van der Waals surface area contributed by atoms with Gasteiger partial charge in [-0.15, -0.1) is 6.58 Å². The Kier molecular flexibility index (Phi) is 5.30. The van der Waals surface area contributed by atoms with Gasteiger partial charge < -0.3 is 10.6 Å². The molecule has 1 fully saturated rings. The van der Waals surface area contributed by atoms with E-state index in [1.165, 1.54) is 12.8 Å². The summed E-state index contributed by atoms with van der Waals surface area (Å²) in [4.78, 5) is 11.1. The van der Waals surface area contributed by atoms with Crippen LogP contribution in [0.4, 0.5) is 0 Å². The quantitative estimate of drug-likeness (QED) is 0.646. The number of hydrogen-bond donors (Lipinski definition) is 2. The summed E-state index contributed by atoms with van der Waals surface area (Å²) in [6.45, 7) is 6.59. The zero-order chi connectivity index (χ0) is 10.2. The third-order valence-electron chi connectivity index (χ3n) is 2.60. The summed E-state index contributed by atoms with van der Waals surface area (Å²) >= 11 is 0. The van der Waals surface area contributed by atoms with Crippen LogP contribution >= 0.6 is 0 Å². The molecule has 0 radical (unpaired) electrons. The lowest BCUT2D eigenvalue weighted by molar-refractivity contribution is -0.120. The van der Waals surface area contributed by atoms with Crippen LogP contribution in [0.2, 0.25) is 0 Å². The molecule has 0 bridgehead atoms. The van der Waals surface area contributed by atoms with Gasteiger partial charge in [0, 0.05) is 13.0 Å². The summed E-state index contributed by atoms with van der Waals surface area (Å²) in [6.07, 6.45) is 5.73. The predicted molar refractivity (Wildman–Crippen MR) is 58.0 cm³/mol. The highest BCUT2D eigenvalue weighted by Gasteiger charge is 2.12. The monoisotopic (exact) mass is 196 g/mol. The first-order valence-corrected chi connectivity index (χ1v) is 5.41. The van der Waals surface area contributed by atoms with E-state index in [1.807, 2.05) is 0 Å². The van der Waals surface area contributed by atoms with E-state index in [-0.39, 0.29) is 5.91 Å². The molecule has 1 aliphatic rings. The zero-order valence-corrected chi connectivity index (χ0v) is 8.72. The molecule has 0 aromatic rings. The third kappa shape index (κ3) is 4.42. The van der Waals surface area contributed by atoms with E-state index in [1.54, 1.807) is 6.08 Å².